The van der Waals surface area contributed by atoms with Crippen LogP contribution >= 0.6 is 43.2 Å². The molecular weight excluding hydrogens is 570 g/mol. The number of hydrogen-bond acceptors (Lipinski definition) is 6. The quantitative estimate of drug-likeness (QED) is 0.371. The van der Waals surface area contributed by atoms with E-state index < -0.39 is 11.9 Å². The van der Waals surface area contributed by atoms with E-state index in [2.05, 4.69) is 37.9 Å². The molecule has 4 rings (SSSR count). The van der Waals surface area contributed by atoms with Crippen LogP contribution in [0, 0.1) is 11.3 Å². The predicted octanol–water partition coefficient (Wildman–Crippen LogP) is 3.68. The molecular formula is C24H17Br2N3O3S. The summed E-state index contributed by atoms with van der Waals surface area (Å²) >= 11 is 8.09. The normalized spacial score (nSPS) is 15.9. The molecule has 0 saturated heterocycles. The molecule has 1 aliphatic heterocycles. The second kappa shape index (κ2) is 9.51. The molecule has 2 aromatic carbocycles. The summed E-state index contributed by atoms with van der Waals surface area (Å²) in [4.78, 5) is 26.5. The van der Waals surface area contributed by atoms with Crippen molar-refractivity contribution in [2.75, 3.05) is 12.3 Å². The van der Waals surface area contributed by atoms with E-state index in [0.717, 1.165) is 21.4 Å². The molecule has 2 heterocycles. The number of nitrogens with zero attached hydrogens (tertiary/aromatic N) is 2. The van der Waals surface area contributed by atoms with Crippen LogP contribution in [0.5, 0.6) is 0 Å². The summed E-state index contributed by atoms with van der Waals surface area (Å²) in [6, 6.07) is 16.7. The van der Waals surface area contributed by atoms with E-state index in [1.54, 1.807) is 31.2 Å². The van der Waals surface area contributed by atoms with Crippen LogP contribution in [0.15, 0.2) is 62.3 Å². The van der Waals surface area contributed by atoms with Crippen molar-refractivity contribution in [2.45, 2.75) is 12.8 Å². The van der Waals surface area contributed by atoms with E-state index in [1.807, 2.05) is 30.3 Å². The molecule has 0 spiro atoms. The molecule has 6 nitrogen and oxygen atoms in total. The highest BCUT2D eigenvalue weighted by Crippen LogP contribution is 2.41. The average Bonchev–Trinajstić information content (AvgIpc) is 3.08. The molecule has 0 unspecified atom stereocenters. The van der Waals surface area contributed by atoms with E-state index in [0.29, 0.717) is 24.9 Å². The number of ether oxygens (including phenoxy) is 1. The molecule has 0 fully saturated rings. The predicted molar refractivity (Wildman–Crippen MR) is 137 cm³/mol. The van der Waals surface area contributed by atoms with Crippen molar-refractivity contribution in [3.8, 4) is 6.07 Å². The van der Waals surface area contributed by atoms with Gasteiger partial charge in [-0.05, 0) is 48.4 Å². The van der Waals surface area contributed by atoms with E-state index in [9.17, 15) is 14.9 Å². The van der Waals surface area contributed by atoms with Gasteiger partial charge in [0.15, 0.2) is 0 Å². The van der Waals surface area contributed by atoms with Gasteiger partial charge < -0.3 is 10.5 Å². The molecule has 1 atom stereocenters. The van der Waals surface area contributed by atoms with Gasteiger partial charge in [-0.2, -0.15) is 5.26 Å². The Bertz CT molecular complexity index is 1530. The summed E-state index contributed by atoms with van der Waals surface area (Å²) in [6.07, 6.45) is 1.74. The van der Waals surface area contributed by atoms with Crippen molar-refractivity contribution < 1.29 is 9.53 Å². The Kier molecular flexibility index (Phi) is 6.70. The number of nitrogen functional groups attached to an aromatic ring is 1. The lowest BCUT2D eigenvalue weighted by molar-refractivity contribution is -0.136. The Morgan fingerprint density at radius 3 is 2.70 bits per heavy atom. The Morgan fingerprint density at radius 1 is 1.27 bits per heavy atom. The maximum atomic E-state index is 13.4. The van der Waals surface area contributed by atoms with Crippen molar-refractivity contribution in [2.24, 2.45) is 0 Å². The van der Waals surface area contributed by atoms with Gasteiger partial charge in [0.25, 0.3) is 5.56 Å². The van der Waals surface area contributed by atoms with Crippen molar-refractivity contribution in [3.63, 3.8) is 0 Å². The minimum atomic E-state index is -0.640. The summed E-state index contributed by atoms with van der Waals surface area (Å²) in [7, 11) is 0. The number of esters is 1. The first kappa shape index (κ1) is 23.2. The van der Waals surface area contributed by atoms with Crippen LogP contribution in [0.25, 0.3) is 17.3 Å². The summed E-state index contributed by atoms with van der Waals surface area (Å²) in [6.45, 7) is 1.89. The number of hydrogen-bond donors (Lipinski definition) is 1. The van der Waals surface area contributed by atoms with Gasteiger partial charge in [0.2, 0.25) is 0 Å². The van der Waals surface area contributed by atoms with Gasteiger partial charge in [-0.3, -0.25) is 9.36 Å². The number of nitrogens with two attached hydrogens (primary N) is 1. The third-order valence-corrected chi connectivity index (χ3v) is 7.47. The third-order valence-electron chi connectivity index (χ3n) is 5.04. The van der Waals surface area contributed by atoms with Crippen LogP contribution in [-0.4, -0.2) is 17.1 Å². The Labute approximate surface area is 210 Å². The highest BCUT2D eigenvalue weighted by molar-refractivity contribution is 9.12. The zero-order valence-corrected chi connectivity index (χ0v) is 21.3. The van der Waals surface area contributed by atoms with E-state index in [1.165, 1.54) is 4.57 Å². The van der Waals surface area contributed by atoms with Crippen LogP contribution in [0.2, 0.25) is 0 Å². The Hall–Kier alpha value is -2.93. The van der Waals surface area contributed by atoms with Crippen LogP contribution in [-0.2, 0) is 9.53 Å². The van der Waals surface area contributed by atoms with Crippen molar-refractivity contribution in [3.05, 3.63) is 88.2 Å². The number of fused-ring (bicyclic) bond motifs is 1. The van der Waals surface area contributed by atoms with Gasteiger partial charge in [-0.1, -0.05) is 56.1 Å². The monoisotopic (exact) mass is 585 g/mol. The van der Waals surface area contributed by atoms with Crippen LogP contribution < -0.4 is 20.5 Å². The lowest BCUT2D eigenvalue weighted by Gasteiger charge is -2.24. The highest BCUT2D eigenvalue weighted by Gasteiger charge is 2.36. The van der Waals surface area contributed by atoms with Crippen molar-refractivity contribution >= 4 is 72.2 Å². The minimum Gasteiger partial charge on any atom is -0.463 e. The largest absolute Gasteiger partial charge is 0.463 e. The smallest absolute Gasteiger partial charge is 0.338 e. The number of halogens is 2. The molecule has 3 aromatic rings. The minimum absolute atomic E-state index is 0.126. The molecule has 166 valence electrons. The molecule has 0 radical (unpaired) electrons. The second-order valence-corrected chi connectivity index (χ2v) is 9.96. The lowest BCUT2D eigenvalue weighted by atomic mass is 9.89. The summed E-state index contributed by atoms with van der Waals surface area (Å²) in [5.74, 6) is -1.19. The molecule has 2 N–H and O–H groups in total. The van der Waals surface area contributed by atoms with Gasteiger partial charge in [0, 0.05) is 14.6 Å². The molecule has 1 aromatic heterocycles. The van der Waals surface area contributed by atoms with Crippen LogP contribution in [0.1, 0.15) is 24.0 Å². The van der Waals surface area contributed by atoms with E-state index in [-0.39, 0.29) is 23.4 Å². The molecule has 0 saturated carbocycles. The number of benzene rings is 2. The first-order valence-corrected chi connectivity index (χ1v) is 12.3. The molecule has 0 bridgehead atoms. The summed E-state index contributed by atoms with van der Waals surface area (Å²) in [5.41, 5.74) is 8.07. The maximum Gasteiger partial charge on any atom is 0.338 e. The number of thiazole rings is 1. The SMILES string of the molecule is CCOC(=O)C1=c2s/c(=C\c3cccc(Br)c3)c(=O)n2C(C#N)=C(Br)[C@@H]1c1cccc(N)c1. The van der Waals surface area contributed by atoms with E-state index in [4.69, 9.17) is 10.5 Å². The molecule has 33 heavy (non-hydrogen) atoms. The third kappa shape index (κ3) is 4.34. The zero-order valence-electron chi connectivity index (χ0n) is 17.3. The molecule has 9 heteroatoms. The number of rotatable bonds is 4. The second-order valence-electron chi connectivity index (χ2n) is 7.16. The van der Waals surface area contributed by atoms with Gasteiger partial charge in [0.1, 0.15) is 16.4 Å². The summed E-state index contributed by atoms with van der Waals surface area (Å²) < 4.78 is 8.69. The van der Waals surface area contributed by atoms with Crippen LogP contribution in [0.3, 0.4) is 0 Å². The zero-order chi connectivity index (χ0) is 23.7. The van der Waals surface area contributed by atoms with Gasteiger partial charge in [0.05, 0.1) is 22.6 Å². The fraction of sp³-hybridized carbons (Fsp3) is 0.125. The first-order chi connectivity index (χ1) is 15.8. The number of allylic oxidation sites excluding steroid dienone is 2. The number of nitriles is 1. The standard InChI is InChI=1S/C24H17Br2N3O3S/c1-2-32-24(31)20-19(14-6-4-8-16(28)11-14)21(26)17(12-27)29-22(30)18(33-23(20)29)10-13-5-3-7-15(25)9-13/h3-11,19H,2,28H2,1H3/b18-10-/t19-/m1/s1. The first-order valence-electron chi connectivity index (χ1n) is 9.91. The lowest BCUT2D eigenvalue weighted by Crippen LogP contribution is -2.37. The number of anilines is 1. The maximum absolute atomic E-state index is 13.4. The van der Waals surface area contributed by atoms with Crippen LogP contribution in [0.4, 0.5) is 5.69 Å². The Balaban J connectivity index is 2.11. The Morgan fingerprint density at radius 2 is 2.03 bits per heavy atom. The molecule has 0 amide bonds. The van der Waals surface area contributed by atoms with Gasteiger partial charge in [-0.25, -0.2) is 4.79 Å². The fourth-order valence-electron chi connectivity index (χ4n) is 3.68. The van der Waals surface area contributed by atoms with E-state index >= 15 is 0 Å². The highest BCUT2D eigenvalue weighted by atomic mass is 79.9. The number of carbonyl (C=O) groups excluding carboxylic acids is 1. The van der Waals surface area contributed by atoms with Crippen molar-refractivity contribution in [1.29, 1.82) is 5.26 Å². The molecule has 1 aliphatic rings. The van der Waals surface area contributed by atoms with Gasteiger partial charge in [-0.15, -0.1) is 11.3 Å². The number of aromatic nitrogens is 1. The average molecular weight is 587 g/mol. The van der Waals surface area contributed by atoms with Gasteiger partial charge >= 0.3 is 5.97 Å². The topological polar surface area (TPSA) is 98.1 Å². The molecule has 0 aliphatic carbocycles. The summed E-state index contributed by atoms with van der Waals surface area (Å²) in [5, 5.41) is 9.96. The number of carbonyl (C=O) groups is 1. The van der Waals surface area contributed by atoms with Crippen molar-refractivity contribution in [1.82, 2.24) is 4.57 Å². The fourth-order valence-corrected chi connectivity index (χ4v) is 6.01.